The summed E-state index contributed by atoms with van der Waals surface area (Å²) in [7, 11) is 0. The normalized spacial score (nSPS) is 23.6. The molecule has 3 aromatic rings. The molecule has 4 atom stereocenters. The molecule has 0 aliphatic carbocycles. The quantitative estimate of drug-likeness (QED) is 0.195. The summed E-state index contributed by atoms with van der Waals surface area (Å²) in [6, 6.07) is 15.8. The molecule has 10 heteroatoms. The molecule has 2 amide bonds. The highest BCUT2D eigenvalue weighted by molar-refractivity contribution is 6.38. The van der Waals surface area contributed by atoms with Gasteiger partial charge in [-0.25, -0.2) is 4.90 Å². The Labute approximate surface area is 220 Å². The number of carbonyl (C=O) groups excluding carboxylic acids is 3. The SMILES string of the molecule is O=C(c1cccc([N+](=O)[O-])c1)[C@@H]1[C@@H]2C(=O)N(c3ccc(Cl)cc3Cl)C(=O)[C@H]2[C@H]2c3ccccc3C=CN12. The summed E-state index contributed by atoms with van der Waals surface area (Å²) in [5.74, 6) is -3.38. The van der Waals surface area contributed by atoms with Crippen LogP contribution in [0.4, 0.5) is 11.4 Å². The molecule has 3 aromatic carbocycles. The molecule has 3 aliphatic rings. The zero-order valence-electron chi connectivity index (χ0n) is 19.0. The van der Waals surface area contributed by atoms with Crippen molar-refractivity contribution in [3.05, 3.63) is 110 Å². The van der Waals surface area contributed by atoms with E-state index in [2.05, 4.69) is 0 Å². The van der Waals surface area contributed by atoms with E-state index < -0.39 is 46.4 Å². The summed E-state index contributed by atoms with van der Waals surface area (Å²) in [4.78, 5) is 55.3. The number of rotatable bonds is 4. The summed E-state index contributed by atoms with van der Waals surface area (Å²) < 4.78 is 0. The maximum atomic E-state index is 13.9. The first-order valence-corrected chi connectivity index (χ1v) is 12.2. The van der Waals surface area contributed by atoms with E-state index in [9.17, 15) is 24.5 Å². The average molecular weight is 534 g/mol. The molecule has 0 saturated carbocycles. The first kappa shape index (κ1) is 23.4. The number of benzene rings is 3. The van der Waals surface area contributed by atoms with Gasteiger partial charge in [0.05, 0.1) is 33.5 Å². The van der Waals surface area contributed by atoms with Crippen molar-refractivity contribution in [3.8, 4) is 0 Å². The first-order chi connectivity index (χ1) is 17.8. The summed E-state index contributed by atoms with van der Waals surface area (Å²) in [6.07, 6.45) is 3.56. The monoisotopic (exact) mass is 533 g/mol. The number of ketones is 1. The number of carbonyl (C=O) groups is 3. The lowest BCUT2D eigenvalue weighted by atomic mass is 9.83. The Balaban J connectivity index is 1.50. The van der Waals surface area contributed by atoms with Gasteiger partial charge in [0, 0.05) is 28.9 Å². The number of non-ortho nitro benzene ring substituents is 1. The van der Waals surface area contributed by atoms with Crippen LogP contribution in [-0.2, 0) is 9.59 Å². The highest BCUT2D eigenvalue weighted by Crippen LogP contribution is 2.54. The van der Waals surface area contributed by atoms with Gasteiger partial charge in [-0.1, -0.05) is 59.6 Å². The summed E-state index contributed by atoms with van der Waals surface area (Å²) in [5, 5.41) is 11.8. The van der Waals surface area contributed by atoms with Crippen LogP contribution < -0.4 is 4.90 Å². The van der Waals surface area contributed by atoms with Crippen molar-refractivity contribution in [2.45, 2.75) is 12.1 Å². The highest BCUT2D eigenvalue weighted by Gasteiger charge is 2.64. The summed E-state index contributed by atoms with van der Waals surface area (Å²) in [5.41, 5.74) is 1.76. The summed E-state index contributed by atoms with van der Waals surface area (Å²) in [6.45, 7) is 0. The van der Waals surface area contributed by atoms with E-state index in [4.69, 9.17) is 23.2 Å². The van der Waals surface area contributed by atoms with Gasteiger partial charge in [-0.15, -0.1) is 0 Å². The molecule has 2 fully saturated rings. The molecule has 0 spiro atoms. The molecule has 2 saturated heterocycles. The van der Waals surface area contributed by atoms with Crippen molar-refractivity contribution in [1.82, 2.24) is 4.90 Å². The van der Waals surface area contributed by atoms with Gasteiger partial charge in [0.15, 0.2) is 5.78 Å². The van der Waals surface area contributed by atoms with Crippen molar-refractivity contribution < 1.29 is 19.3 Å². The fraction of sp³-hybridized carbons (Fsp3) is 0.148. The predicted molar refractivity (Wildman–Crippen MR) is 137 cm³/mol. The minimum absolute atomic E-state index is 0.0917. The molecular weight excluding hydrogens is 517 g/mol. The number of Topliss-reactive ketones (excluding diaryl/α,β-unsaturated/α-hetero) is 1. The Morgan fingerprint density at radius 1 is 0.919 bits per heavy atom. The van der Waals surface area contributed by atoms with E-state index in [-0.39, 0.29) is 22.0 Å². The maximum Gasteiger partial charge on any atom is 0.270 e. The largest absolute Gasteiger partial charge is 0.358 e. The summed E-state index contributed by atoms with van der Waals surface area (Å²) >= 11 is 12.4. The van der Waals surface area contributed by atoms with E-state index in [1.807, 2.05) is 30.3 Å². The highest BCUT2D eigenvalue weighted by atomic mass is 35.5. The van der Waals surface area contributed by atoms with Crippen LogP contribution in [0, 0.1) is 22.0 Å². The molecule has 0 N–H and O–H groups in total. The molecule has 37 heavy (non-hydrogen) atoms. The van der Waals surface area contributed by atoms with Crippen molar-refractivity contribution in [2.75, 3.05) is 4.90 Å². The number of anilines is 1. The van der Waals surface area contributed by atoms with Gasteiger partial charge in [0.2, 0.25) is 11.8 Å². The van der Waals surface area contributed by atoms with Crippen LogP contribution in [0.1, 0.15) is 27.5 Å². The topological polar surface area (TPSA) is 101 Å². The minimum atomic E-state index is -1.05. The molecule has 8 nitrogen and oxygen atoms in total. The molecule has 3 heterocycles. The Kier molecular flexibility index (Phi) is 5.40. The molecule has 0 bridgehead atoms. The second-order valence-corrected chi connectivity index (χ2v) is 9.96. The Morgan fingerprint density at radius 2 is 1.68 bits per heavy atom. The fourth-order valence-corrected chi connectivity index (χ4v) is 6.19. The third-order valence-electron chi connectivity index (χ3n) is 7.22. The zero-order valence-corrected chi connectivity index (χ0v) is 20.5. The van der Waals surface area contributed by atoms with Crippen LogP contribution in [0.15, 0.2) is 72.9 Å². The second-order valence-electron chi connectivity index (χ2n) is 9.11. The van der Waals surface area contributed by atoms with E-state index in [0.717, 1.165) is 16.0 Å². The number of amides is 2. The molecule has 6 rings (SSSR count). The molecule has 0 aromatic heterocycles. The predicted octanol–water partition coefficient (Wildman–Crippen LogP) is 5.30. The Hall–Kier alpha value is -4.01. The van der Waals surface area contributed by atoms with E-state index in [0.29, 0.717) is 5.02 Å². The average Bonchev–Trinajstić information content (AvgIpc) is 3.36. The van der Waals surface area contributed by atoms with Crippen molar-refractivity contribution in [2.24, 2.45) is 11.8 Å². The molecule has 0 radical (unpaired) electrons. The lowest BCUT2D eigenvalue weighted by molar-refractivity contribution is -0.384. The molecule has 3 aliphatic heterocycles. The molecular formula is C27H17Cl2N3O5. The van der Waals surface area contributed by atoms with Gasteiger partial charge >= 0.3 is 0 Å². The minimum Gasteiger partial charge on any atom is -0.358 e. The Bertz CT molecular complexity index is 1550. The van der Waals surface area contributed by atoms with Crippen molar-refractivity contribution in [3.63, 3.8) is 0 Å². The van der Waals surface area contributed by atoms with Gasteiger partial charge in [0.1, 0.15) is 6.04 Å². The number of fused-ring (bicyclic) bond motifs is 5. The van der Waals surface area contributed by atoms with Crippen molar-refractivity contribution >= 4 is 58.3 Å². The van der Waals surface area contributed by atoms with Crippen LogP contribution in [0.5, 0.6) is 0 Å². The lowest BCUT2D eigenvalue weighted by Gasteiger charge is -2.35. The third-order valence-corrected chi connectivity index (χ3v) is 7.76. The van der Waals surface area contributed by atoms with E-state index in [1.54, 1.807) is 11.1 Å². The zero-order chi connectivity index (χ0) is 26.0. The number of halogens is 2. The van der Waals surface area contributed by atoms with E-state index in [1.165, 1.54) is 42.5 Å². The van der Waals surface area contributed by atoms with Crippen LogP contribution in [0.25, 0.3) is 6.08 Å². The van der Waals surface area contributed by atoms with Gasteiger partial charge in [-0.2, -0.15) is 0 Å². The number of imide groups is 1. The number of hydrogen-bond donors (Lipinski definition) is 0. The maximum absolute atomic E-state index is 13.9. The van der Waals surface area contributed by atoms with Crippen LogP contribution >= 0.6 is 23.2 Å². The van der Waals surface area contributed by atoms with E-state index >= 15 is 0 Å². The molecule has 184 valence electrons. The number of nitro groups is 1. The van der Waals surface area contributed by atoms with Crippen LogP contribution in [0.3, 0.4) is 0 Å². The third kappa shape index (κ3) is 3.48. The standard InChI is InChI=1S/C27H17Cl2N3O5/c28-16-8-9-20(19(29)13-16)31-26(34)21-22(27(31)35)24(25(33)15-5-3-6-17(12-15)32(36)37)30-11-10-14-4-1-2-7-18(14)23(21)30/h1-13,21-24H/t21-,22-,23-,24+/m1/s1. The van der Waals surface area contributed by atoms with Crippen LogP contribution in [0.2, 0.25) is 10.0 Å². The van der Waals surface area contributed by atoms with Gasteiger partial charge < -0.3 is 4.90 Å². The van der Waals surface area contributed by atoms with Crippen LogP contribution in [-0.4, -0.2) is 33.5 Å². The van der Waals surface area contributed by atoms with Gasteiger partial charge in [0.25, 0.3) is 5.69 Å². The number of hydrogen-bond acceptors (Lipinski definition) is 6. The van der Waals surface area contributed by atoms with Crippen molar-refractivity contribution in [1.29, 1.82) is 0 Å². The first-order valence-electron chi connectivity index (χ1n) is 11.4. The lowest BCUT2D eigenvalue weighted by Crippen LogP contribution is -2.44. The Morgan fingerprint density at radius 3 is 2.43 bits per heavy atom. The molecule has 0 unspecified atom stereocenters. The fourth-order valence-electron chi connectivity index (χ4n) is 5.70. The smallest absolute Gasteiger partial charge is 0.270 e. The van der Waals surface area contributed by atoms with Gasteiger partial charge in [-0.3, -0.25) is 24.5 Å². The second kappa shape index (κ2) is 8.54. The number of nitrogens with zero attached hydrogens (tertiary/aromatic N) is 3. The number of nitro benzene ring substituents is 1. The van der Waals surface area contributed by atoms with Gasteiger partial charge in [-0.05, 0) is 35.4 Å².